The molecular formula is C27H43N5O. The maximum absolute atomic E-state index is 12.2. The minimum Gasteiger partial charge on any atom is -0.398 e. The molecule has 6 heteroatoms. The van der Waals surface area contributed by atoms with E-state index in [0.29, 0.717) is 18.2 Å². The van der Waals surface area contributed by atoms with Gasteiger partial charge in [0.1, 0.15) is 0 Å². The Balaban J connectivity index is 0.00000242. The second kappa shape index (κ2) is 18.7. The summed E-state index contributed by atoms with van der Waals surface area (Å²) in [5, 5.41) is 4.05. The van der Waals surface area contributed by atoms with Gasteiger partial charge in [0.15, 0.2) is 0 Å². The molecule has 2 rings (SSSR count). The third-order valence-corrected chi connectivity index (χ3v) is 4.86. The molecule has 1 aliphatic carbocycles. The van der Waals surface area contributed by atoms with Gasteiger partial charge in [-0.25, -0.2) is 5.43 Å². The smallest absolute Gasteiger partial charge is 0.254 e. The highest BCUT2D eigenvalue weighted by Gasteiger charge is 2.19. The van der Waals surface area contributed by atoms with Gasteiger partial charge in [-0.3, -0.25) is 14.6 Å². The van der Waals surface area contributed by atoms with Crippen LogP contribution in [0.3, 0.4) is 0 Å². The molecule has 182 valence electrons. The number of amides is 1. The Hall–Kier alpha value is -2.88. The standard InChI is InChI=1S/C23H31N5O.2C2H6/c1-4-6-8-20(7-5-2)17-27-11-13-28(14-12-27)18-23(29)26-25-16-21-10-9-19(3)15-22(21)24;2*1-2/h1,5-8,10,15-16,19H,2,9,11-14,17-18,24H2,3H3,(H,26,29);2*1-2H3/b8-6-,20-7+,25-16+;;. The van der Waals surface area contributed by atoms with Gasteiger partial charge in [-0.2, -0.15) is 5.10 Å². The van der Waals surface area contributed by atoms with E-state index in [1.54, 1.807) is 18.4 Å². The van der Waals surface area contributed by atoms with Gasteiger partial charge in [-0.1, -0.05) is 71.4 Å². The summed E-state index contributed by atoms with van der Waals surface area (Å²) in [4.78, 5) is 16.6. The van der Waals surface area contributed by atoms with Gasteiger partial charge in [0, 0.05) is 44.0 Å². The number of rotatable bonds is 8. The minimum atomic E-state index is -0.119. The number of nitrogens with zero attached hydrogens (tertiary/aromatic N) is 3. The van der Waals surface area contributed by atoms with Crippen molar-refractivity contribution in [2.45, 2.75) is 41.0 Å². The van der Waals surface area contributed by atoms with Crippen molar-refractivity contribution >= 4 is 12.1 Å². The summed E-state index contributed by atoms with van der Waals surface area (Å²) in [7, 11) is 0. The molecule has 0 aromatic rings. The maximum atomic E-state index is 12.2. The second-order valence-electron chi connectivity index (χ2n) is 7.32. The van der Waals surface area contributed by atoms with Crippen LogP contribution in [0.15, 0.2) is 65.0 Å². The summed E-state index contributed by atoms with van der Waals surface area (Å²) in [6.07, 6.45) is 19.3. The molecule has 1 amide bonds. The molecule has 1 fully saturated rings. The Labute approximate surface area is 201 Å². The van der Waals surface area contributed by atoms with Crippen molar-refractivity contribution in [3.8, 4) is 12.3 Å². The number of hydrogen-bond acceptors (Lipinski definition) is 5. The van der Waals surface area contributed by atoms with E-state index in [2.05, 4.69) is 39.8 Å². The molecule has 1 heterocycles. The van der Waals surface area contributed by atoms with E-state index in [4.69, 9.17) is 12.2 Å². The van der Waals surface area contributed by atoms with Crippen LogP contribution in [0.5, 0.6) is 0 Å². The summed E-state index contributed by atoms with van der Waals surface area (Å²) in [6, 6.07) is 0. The number of nitrogens with two attached hydrogens (primary N) is 1. The molecular weight excluding hydrogens is 410 g/mol. The van der Waals surface area contributed by atoms with Gasteiger partial charge < -0.3 is 5.73 Å². The summed E-state index contributed by atoms with van der Waals surface area (Å²) in [5.41, 5.74) is 11.3. The first kappa shape index (κ1) is 30.1. The van der Waals surface area contributed by atoms with E-state index in [1.807, 2.05) is 52.0 Å². The molecule has 1 saturated heterocycles. The molecule has 33 heavy (non-hydrogen) atoms. The van der Waals surface area contributed by atoms with E-state index in [1.165, 1.54) is 0 Å². The Morgan fingerprint density at radius 3 is 2.39 bits per heavy atom. The number of nitrogens with one attached hydrogen (secondary N) is 1. The SMILES string of the molecule is C#C/C=C\C(=C/C=C)CN1CCN(CC(=O)N/N=C/C2=CCC(C)C=C2N)CC1.CC.CC. The van der Waals surface area contributed by atoms with Crippen molar-refractivity contribution < 1.29 is 4.79 Å². The second-order valence-corrected chi connectivity index (χ2v) is 7.32. The Kier molecular flexibility index (Phi) is 17.0. The zero-order valence-corrected chi connectivity index (χ0v) is 21.2. The third kappa shape index (κ3) is 12.7. The quantitative estimate of drug-likeness (QED) is 0.253. The molecule has 0 radical (unpaired) electrons. The monoisotopic (exact) mass is 453 g/mol. The Morgan fingerprint density at radius 1 is 1.24 bits per heavy atom. The van der Waals surface area contributed by atoms with Crippen LogP contribution in [0.2, 0.25) is 0 Å². The van der Waals surface area contributed by atoms with Gasteiger partial charge in [0.05, 0.1) is 12.8 Å². The molecule has 1 atom stereocenters. The highest BCUT2D eigenvalue weighted by Crippen LogP contribution is 2.17. The normalized spacial score (nSPS) is 19.4. The molecule has 0 aromatic carbocycles. The van der Waals surface area contributed by atoms with E-state index >= 15 is 0 Å². The van der Waals surface area contributed by atoms with Crippen LogP contribution in [0.1, 0.15) is 41.0 Å². The van der Waals surface area contributed by atoms with Gasteiger partial charge in [-0.05, 0) is 30.1 Å². The first-order chi connectivity index (χ1) is 16.0. The number of carbonyl (C=O) groups excluding carboxylic acids is 1. The molecule has 1 aliphatic heterocycles. The first-order valence-corrected chi connectivity index (χ1v) is 11.9. The molecule has 1 unspecified atom stereocenters. The molecule has 0 bridgehead atoms. The van der Waals surface area contributed by atoms with Crippen LogP contribution < -0.4 is 11.2 Å². The minimum absolute atomic E-state index is 0.119. The van der Waals surface area contributed by atoms with Crippen LogP contribution in [0, 0.1) is 18.3 Å². The predicted octanol–water partition coefficient (Wildman–Crippen LogP) is 3.87. The van der Waals surface area contributed by atoms with Crippen LogP contribution in [0.25, 0.3) is 0 Å². The summed E-state index contributed by atoms with van der Waals surface area (Å²) < 4.78 is 0. The third-order valence-electron chi connectivity index (χ3n) is 4.86. The largest absolute Gasteiger partial charge is 0.398 e. The van der Waals surface area contributed by atoms with Crippen LogP contribution >= 0.6 is 0 Å². The molecule has 0 aromatic heterocycles. The number of piperazine rings is 1. The lowest BCUT2D eigenvalue weighted by molar-refractivity contribution is -0.122. The van der Waals surface area contributed by atoms with Gasteiger partial charge >= 0.3 is 0 Å². The van der Waals surface area contributed by atoms with Crippen molar-refractivity contribution in [1.29, 1.82) is 0 Å². The lowest BCUT2D eigenvalue weighted by atomic mass is 9.97. The fourth-order valence-corrected chi connectivity index (χ4v) is 3.27. The fourth-order valence-electron chi connectivity index (χ4n) is 3.27. The predicted molar refractivity (Wildman–Crippen MR) is 143 cm³/mol. The highest BCUT2D eigenvalue weighted by atomic mass is 16.2. The molecule has 0 saturated carbocycles. The van der Waals surface area contributed by atoms with Crippen molar-refractivity contribution in [2.75, 3.05) is 39.3 Å². The van der Waals surface area contributed by atoms with Gasteiger partial charge in [-0.15, -0.1) is 6.42 Å². The number of terminal acetylenes is 1. The Morgan fingerprint density at radius 2 is 1.85 bits per heavy atom. The average molecular weight is 454 g/mol. The lowest BCUT2D eigenvalue weighted by Crippen LogP contribution is -2.49. The number of hydrogen-bond donors (Lipinski definition) is 2. The molecule has 0 spiro atoms. The van der Waals surface area contributed by atoms with Crippen molar-refractivity contribution in [3.63, 3.8) is 0 Å². The van der Waals surface area contributed by atoms with Crippen molar-refractivity contribution in [1.82, 2.24) is 15.2 Å². The van der Waals surface area contributed by atoms with E-state index in [0.717, 1.165) is 50.3 Å². The summed E-state index contributed by atoms with van der Waals surface area (Å²) in [5.74, 6) is 2.84. The van der Waals surface area contributed by atoms with Gasteiger partial charge in [0.2, 0.25) is 0 Å². The summed E-state index contributed by atoms with van der Waals surface area (Å²) >= 11 is 0. The van der Waals surface area contributed by atoms with Gasteiger partial charge in [0.25, 0.3) is 5.91 Å². The topological polar surface area (TPSA) is 74.0 Å². The van der Waals surface area contributed by atoms with Crippen LogP contribution in [0.4, 0.5) is 0 Å². The lowest BCUT2D eigenvalue weighted by Gasteiger charge is -2.34. The first-order valence-electron chi connectivity index (χ1n) is 11.9. The average Bonchev–Trinajstić information content (AvgIpc) is 2.83. The van der Waals surface area contributed by atoms with Crippen LogP contribution in [-0.2, 0) is 4.79 Å². The Bertz CT molecular complexity index is 775. The zero-order chi connectivity index (χ0) is 25.1. The van der Waals surface area contributed by atoms with Crippen molar-refractivity contribution in [2.24, 2.45) is 16.8 Å². The van der Waals surface area contributed by atoms with Crippen LogP contribution in [-0.4, -0.2) is 61.2 Å². The van der Waals surface area contributed by atoms with Crippen molar-refractivity contribution in [3.05, 3.63) is 59.9 Å². The molecule has 3 N–H and O–H groups in total. The summed E-state index contributed by atoms with van der Waals surface area (Å²) in [6.45, 7) is 18.5. The molecule has 6 nitrogen and oxygen atoms in total. The van der Waals surface area contributed by atoms with E-state index in [-0.39, 0.29) is 5.91 Å². The number of carbonyl (C=O) groups is 1. The number of allylic oxidation sites excluding steroid dienone is 6. The highest BCUT2D eigenvalue weighted by molar-refractivity contribution is 5.86. The fraction of sp³-hybridized carbons (Fsp3) is 0.481. The number of hydrazone groups is 1. The van der Waals surface area contributed by atoms with E-state index in [9.17, 15) is 4.79 Å². The maximum Gasteiger partial charge on any atom is 0.254 e. The molecule has 2 aliphatic rings. The van der Waals surface area contributed by atoms with E-state index < -0.39 is 0 Å². The zero-order valence-electron chi connectivity index (χ0n) is 21.2.